The normalized spacial score (nSPS) is 14.8. The summed E-state index contributed by atoms with van der Waals surface area (Å²) < 4.78 is 43.9. The van der Waals surface area contributed by atoms with Crippen molar-refractivity contribution in [3.05, 3.63) is 48.0 Å². The lowest BCUT2D eigenvalue weighted by atomic mass is 10.1. The molecule has 0 bridgehead atoms. The smallest absolute Gasteiger partial charge is 0.258 e. The standard InChI is InChI=1S/C25H34N2O6S/c1-31-23-14-9-19(17-24(23)32-2)15-16-26-34(29,30)22-12-10-21(11-13-22)33-18-25(28)27-20-7-5-3-4-6-8-20/h9-14,17,20,26H,3-8,15-16,18H2,1-2H3,(H,27,28). The number of ether oxygens (including phenoxy) is 3. The van der Waals surface area contributed by atoms with Gasteiger partial charge in [0.1, 0.15) is 5.75 Å². The number of amides is 1. The van der Waals surface area contributed by atoms with E-state index >= 15 is 0 Å². The summed E-state index contributed by atoms with van der Waals surface area (Å²) in [6, 6.07) is 11.8. The Hall–Kier alpha value is -2.78. The van der Waals surface area contributed by atoms with Gasteiger partial charge in [0.15, 0.2) is 18.1 Å². The number of hydrogen-bond donors (Lipinski definition) is 2. The number of carbonyl (C=O) groups is 1. The van der Waals surface area contributed by atoms with Crippen LogP contribution in [-0.2, 0) is 21.2 Å². The topological polar surface area (TPSA) is 103 Å². The molecule has 0 atom stereocenters. The van der Waals surface area contributed by atoms with Crippen LogP contribution in [0, 0.1) is 0 Å². The van der Waals surface area contributed by atoms with E-state index in [-0.39, 0.29) is 30.0 Å². The van der Waals surface area contributed by atoms with Gasteiger partial charge in [-0.1, -0.05) is 31.7 Å². The molecule has 0 radical (unpaired) electrons. The van der Waals surface area contributed by atoms with Crippen LogP contribution in [0.2, 0.25) is 0 Å². The Kier molecular flexibility index (Phi) is 9.59. The van der Waals surface area contributed by atoms with Crippen molar-refractivity contribution in [1.82, 2.24) is 10.0 Å². The third-order valence-corrected chi connectivity index (χ3v) is 7.35. The molecule has 3 rings (SSSR count). The van der Waals surface area contributed by atoms with Gasteiger partial charge in [0.05, 0.1) is 19.1 Å². The molecule has 1 aliphatic carbocycles. The van der Waals surface area contributed by atoms with E-state index in [2.05, 4.69) is 10.0 Å². The minimum atomic E-state index is -3.67. The molecule has 0 heterocycles. The molecule has 186 valence electrons. The highest BCUT2D eigenvalue weighted by Crippen LogP contribution is 2.27. The molecule has 0 spiro atoms. The van der Waals surface area contributed by atoms with E-state index in [4.69, 9.17) is 14.2 Å². The van der Waals surface area contributed by atoms with Gasteiger partial charge in [-0.3, -0.25) is 4.79 Å². The maximum atomic E-state index is 12.6. The van der Waals surface area contributed by atoms with Crippen LogP contribution in [-0.4, -0.2) is 47.7 Å². The molecule has 9 heteroatoms. The van der Waals surface area contributed by atoms with Crippen molar-refractivity contribution < 1.29 is 27.4 Å². The number of hydrogen-bond acceptors (Lipinski definition) is 6. The average Bonchev–Trinajstić information content (AvgIpc) is 3.11. The van der Waals surface area contributed by atoms with Crippen molar-refractivity contribution >= 4 is 15.9 Å². The summed E-state index contributed by atoms with van der Waals surface area (Å²) in [6.45, 7) is 0.142. The quantitative estimate of drug-likeness (QED) is 0.468. The summed E-state index contributed by atoms with van der Waals surface area (Å²) in [5.74, 6) is 1.51. The molecular formula is C25H34N2O6S. The van der Waals surface area contributed by atoms with Crippen LogP contribution in [0.25, 0.3) is 0 Å². The molecule has 2 aromatic rings. The molecule has 2 N–H and O–H groups in total. The zero-order valence-electron chi connectivity index (χ0n) is 19.8. The lowest BCUT2D eigenvalue weighted by Crippen LogP contribution is -2.37. The SMILES string of the molecule is COc1ccc(CCNS(=O)(=O)c2ccc(OCC(=O)NC3CCCCCC3)cc2)cc1OC. The van der Waals surface area contributed by atoms with Crippen molar-refractivity contribution in [2.75, 3.05) is 27.4 Å². The average molecular weight is 491 g/mol. The Morgan fingerprint density at radius 1 is 0.941 bits per heavy atom. The Labute approximate surface area is 202 Å². The molecule has 1 fully saturated rings. The minimum Gasteiger partial charge on any atom is -0.493 e. The first-order valence-electron chi connectivity index (χ1n) is 11.6. The maximum Gasteiger partial charge on any atom is 0.258 e. The molecule has 2 aromatic carbocycles. The Bertz CT molecular complexity index is 1030. The van der Waals surface area contributed by atoms with Crippen molar-refractivity contribution in [3.8, 4) is 17.2 Å². The Morgan fingerprint density at radius 2 is 1.62 bits per heavy atom. The summed E-state index contributed by atoms with van der Waals surface area (Å²) in [5, 5.41) is 3.03. The molecule has 8 nitrogen and oxygen atoms in total. The van der Waals surface area contributed by atoms with Gasteiger partial charge in [-0.2, -0.15) is 0 Å². The largest absolute Gasteiger partial charge is 0.493 e. The highest BCUT2D eigenvalue weighted by molar-refractivity contribution is 7.89. The molecule has 0 aromatic heterocycles. The number of rotatable bonds is 11. The van der Waals surface area contributed by atoms with Crippen molar-refractivity contribution in [2.45, 2.75) is 55.9 Å². The summed E-state index contributed by atoms with van der Waals surface area (Å²) in [5.41, 5.74) is 0.922. The van der Waals surface area contributed by atoms with Gasteiger partial charge in [-0.15, -0.1) is 0 Å². The molecule has 0 unspecified atom stereocenters. The van der Waals surface area contributed by atoms with Crippen LogP contribution in [0.1, 0.15) is 44.1 Å². The molecule has 0 aliphatic heterocycles. The number of methoxy groups -OCH3 is 2. The second-order valence-corrected chi connectivity index (χ2v) is 10.1. The van der Waals surface area contributed by atoms with Crippen LogP contribution in [0.5, 0.6) is 17.2 Å². The van der Waals surface area contributed by atoms with Gasteiger partial charge in [0, 0.05) is 12.6 Å². The van der Waals surface area contributed by atoms with E-state index in [9.17, 15) is 13.2 Å². The van der Waals surface area contributed by atoms with Crippen LogP contribution in [0.3, 0.4) is 0 Å². The number of nitrogens with one attached hydrogen (secondary N) is 2. The van der Waals surface area contributed by atoms with E-state index in [1.807, 2.05) is 12.1 Å². The monoisotopic (exact) mass is 490 g/mol. The highest BCUT2D eigenvalue weighted by Gasteiger charge is 2.16. The van der Waals surface area contributed by atoms with Crippen molar-refractivity contribution in [3.63, 3.8) is 0 Å². The van der Waals surface area contributed by atoms with Gasteiger partial charge in [-0.05, 0) is 61.2 Å². The zero-order valence-corrected chi connectivity index (χ0v) is 20.7. The predicted octanol–water partition coefficient (Wildman–Crippen LogP) is 3.44. The summed E-state index contributed by atoms with van der Waals surface area (Å²) in [4.78, 5) is 12.3. The first-order chi connectivity index (χ1) is 16.4. The minimum absolute atomic E-state index is 0.0911. The van der Waals surface area contributed by atoms with Crippen LogP contribution in [0.15, 0.2) is 47.4 Å². The molecule has 1 amide bonds. The fraction of sp³-hybridized carbons (Fsp3) is 0.480. The molecular weight excluding hydrogens is 456 g/mol. The summed E-state index contributed by atoms with van der Waals surface area (Å²) in [7, 11) is -0.548. The predicted molar refractivity (Wildman–Crippen MR) is 130 cm³/mol. The highest BCUT2D eigenvalue weighted by atomic mass is 32.2. The second-order valence-electron chi connectivity index (χ2n) is 8.35. The lowest BCUT2D eigenvalue weighted by molar-refractivity contribution is -0.123. The van der Waals surface area contributed by atoms with Crippen LogP contribution >= 0.6 is 0 Å². The maximum absolute atomic E-state index is 12.6. The summed E-state index contributed by atoms with van der Waals surface area (Å²) in [6.07, 6.45) is 7.26. The van der Waals surface area contributed by atoms with Gasteiger partial charge >= 0.3 is 0 Å². The molecule has 1 aliphatic rings. The third kappa shape index (κ3) is 7.63. The first kappa shape index (κ1) is 25.8. The van der Waals surface area contributed by atoms with Gasteiger partial charge in [0.2, 0.25) is 10.0 Å². The molecule has 1 saturated carbocycles. The van der Waals surface area contributed by atoms with Crippen molar-refractivity contribution in [1.29, 1.82) is 0 Å². The number of carbonyl (C=O) groups excluding carboxylic acids is 1. The Morgan fingerprint density at radius 3 is 2.26 bits per heavy atom. The molecule has 0 saturated heterocycles. The van der Waals surface area contributed by atoms with E-state index in [1.54, 1.807) is 32.4 Å². The zero-order chi connectivity index (χ0) is 24.4. The number of sulfonamides is 1. The first-order valence-corrected chi connectivity index (χ1v) is 13.1. The fourth-order valence-electron chi connectivity index (χ4n) is 4.01. The van der Waals surface area contributed by atoms with Crippen LogP contribution < -0.4 is 24.2 Å². The summed E-state index contributed by atoms with van der Waals surface area (Å²) >= 11 is 0. The van der Waals surface area contributed by atoms with E-state index in [1.165, 1.54) is 25.0 Å². The van der Waals surface area contributed by atoms with E-state index < -0.39 is 10.0 Å². The lowest BCUT2D eigenvalue weighted by Gasteiger charge is -2.16. The van der Waals surface area contributed by atoms with Crippen molar-refractivity contribution in [2.24, 2.45) is 0 Å². The van der Waals surface area contributed by atoms with E-state index in [0.29, 0.717) is 23.7 Å². The van der Waals surface area contributed by atoms with Gasteiger partial charge in [-0.25, -0.2) is 13.1 Å². The van der Waals surface area contributed by atoms with Crippen LogP contribution in [0.4, 0.5) is 0 Å². The number of benzene rings is 2. The third-order valence-electron chi connectivity index (χ3n) is 5.88. The Balaban J connectivity index is 1.46. The molecule has 34 heavy (non-hydrogen) atoms. The van der Waals surface area contributed by atoms with E-state index in [0.717, 1.165) is 31.2 Å². The fourth-order valence-corrected chi connectivity index (χ4v) is 5.04. The van der Waals surface area contributed by atoms with Gasteiger partial charge < -0.3 is 19.5 Å². The second kappa shape index (κ2) is 12.6. The van der Waals surface area contributed by atoms with Gasteiger partial charge in [0.25, 0.3) is 5.91 Å².